The van der Waals surface area contributed by atoms with Crippen LogP contribution in [0.2, 0.25) is 5.02 Å². The number of nitrogens with zero attached hydrogens (tertiary/aromatic N) is 1. The molecule has 1 amide bonds. The lowest BCUT2D eigenvalue weighted by Crippen LogP contribution is -2.31. The highest BCUT2D eigenvalue weighted by Crippen LogP contribution is 2.33. The van der Waals surface area contributed by atoms with Crippen molar-refractivity contribution in [2.45, 2.75) is 17.4 Å². The topological polar surface area (TPSA) is 57.8 Å². The average Bonchev–Trinajstić information content (AvgIpc) is 3.19. The number of rotatable bonds is 8. The summed E-state index contributed by atoms with van der Waals surface area (Å²) < 4.78 is 0. The van der Waals surface area contributed by atoms with Gasteiger partial charge in [0.15, 0.2) is 0 Å². The number of hydrogen-bond acceptors (Lipinski definition) is 4. The molecule has 1 aromatic heterocycles. The predicted octanol–water partition coefficient (Wildman–Crippen LogP) is 6.07. The lowest BCUT2D eigenvalue weighted by molar-refractivity contribution is -0.119. The summed E-state index contributed by atoms with van der Waals surface area (Å²) in [5, 5.41) is 5.94. The Bertz CT molecular complexity index is 1140. The second-order valence-electron chi connectivity index (χ2n) is 6.92. The largest absolute Gasteiger partial charge is 0.345 e. The highest BCUT2D eigenvalue weighted by molar-refractivity contribution is 8.00. The number of amides is 1. The average molecular weight is 456 g/mol. The number of thioether (sulfide) groups is 2. The van der Waals surface area contributed by atoms with Crippen LogP contribution in [0, 0.1) is 0 Å². The predicted molar refractivity (Wildman–Crippen MR) is 130 cm³/mol. The lowest BCUT2D eigenvalue weighted by Gasteiger charge is -2.16. The smallest absolute Gasteiger partial charge is 0.230 e. The van der Waals surface area contributed by atoms with E-state index >= 15 is 0 Å². The quantitative estimate of drug-likeness (QED) is 0.316. The molecule has 0 bridgehead atoms. The maximum atomic E-state index is 12.8. The second-order valence-corrected chi connectivity index (χ2v) is 9.33. The summed E-state index contributed by atoms with van der Waals surface area (Å²) >= 11 is 9.67. The zero-order chi connectivity index (χ0) is 20.9. The molecule has 1 unspecified atom stereocenters. The van der Waals surface area contributed by atoms with Gasteiger partial charge in [0, 0.05) is 15.3 Å². The molecule has 0 radical (unpaired) electrons. The summed E-state index contributed by atoms with van der Waals surface area (Å²) in [4.78, 5) is 21.8. The summed E-state index contributed by atoms with van der Waals surface area (Å²) in [6, 6.07) is 19.7. The van der Waals surface area contributed by atoms with Crippen LogP contribution in [-0.4, -0.2) is 33.6 Å². The molecule has 0 aliphatic rings. The molecule has 4 aromatic rings. The fourth-order valence-electron chi connectivity index (χ4n) is 3.41. The van der Waals surface area contributed by atoms with E-state index < -0.39 is 0 Å². The van der Waals surface area contributed by atoms with Crippen molar-refractivity contribution in [2.24, 2.45) is 0 Å². The van der Waals surface area contributed by atoms with E-state index in [0.29, 0.717) is 10.8 Å². The van der Waals surface area contributed by atoms with Crippen molar-refractivity contribution in [3.63, 3.8) is 0 Å². The van der Waals surface area contributed by atoms with Crippen LogP contribution in [0.25, 0.3) is 21.8 Å². The summed E-state index contributed by atoms with van der Waals surface area (Å²) in [6.07, 6.45) is 2.88. The monoisotopic (exact) mass is 455 g/mol. The van der Waals surface area contributed by atoms with Crippen molar-refractivity contribution in [1.82, 2.24) is 15.3 Å². The summed E-state index contributed by atoms with van der Waals surface area (Å²) in [7, 11) is 0. The summed E-state index contributed by atoms with van der Waals surface area (Å²) in [6.45, 7) is 0. The molecule has 154 valence electrons. The SMILES string of the molecule is CSCCC(NC(=O)CSc1cccc2cccc(Cl)c12)c1nc2ccccc2[nH]1. The van der Waals surface area contributed by atoms with E-state index in [1.165, 1.54) is 11.8 Å². The lowest BCUT2D eigenvalue weighted by atomic mass is 10.1. The molecular weight excluding hydrogens is 434 g/mol. The van der Waals surface area contributed by atoms with Gasteiger partial charge in [-0.15, -0.1) is 11.8 Å². The molecule has 0 fully saturated rings. The highest BCUT2D eigenvalue weighted by atomic mass is 35.5. The van der Waals surface area contributed by atoms with Gasteiger partial charge < -0.3 is 10.3 Å². The zero-order valence-electron chi connectivity index (χ0n) is 16.5. The number of H-pyrrole nitrogens is 1. The minimum absolute atomic E-state index is 0.0179. The maximum absolute atomic E-state index is 12.8. The standard InChI is InChI=1S/C23H22ClN3OS2/c1-29-13-12-19(23-26-17-9-2-3-10-18(17)27-23)25-21(28)14-30-20-11-5-7-15-6-4-8-16(24)22(15)20/h2-11,19H,12-14H2,1H3,(H,25,28)(H,26,27). The van der Waals surface area contributed by atoms with Gasteiger partial charge in [0.2, 0.25) is 5.91 Å². The number of imidazole rings is 1. The summed E-state index contributed by atoms with van der Waals surface area (Å²) in [5.74, 6) is 2.04. The molecule has 2 N–H and O–H groups in total. The first-order valence-corrected chi connectivity index (χ1v) is 12.4. The molecule has 30 heavy (non-hydrogen) atoms. The third-order valence-corrected chi connectivity index (χ3v) is 6.87. The first-order valence-electron chi connectivity index (χ1n) is 9.68. The van der Waals surface area contributed by atoms with Gasteiger partial charge in [0.25, 0.3) is 0 Å². The Labute approximate surface area is 189 Å². The van der Waals surface area contributed by atoms with Gasteiger partial charge in [-0.1, -0.05) is 48.0 Å². The van der Waals surface area contributed by atoms with Crippen LogP contribution in [0.4, 0.5) is 0 Å². The maximum Gasteiger partial charge on any atom is 0.230 e. The third kappa shape index (κ3) is 4.77. The molecule has 3 aromatic carbocycles. The van der Waals surface area contributed by atoms with Gasteiger partial charge in [-0.25, -0.2) is 4.98 Å². The van der Waals surface area contributed by atoms with Gasteiger partial charge in [0.05, 0.1) is 22.8 Å². The van der Waals surface area contributed by atoms with Crippen molar-refractivity contribution >= 4 is 62.8 Å². The number of carbonyl (C=O) groups excluding carboxylic acids is 1. The van der Waals surface area contributed by atoms with E-state index in [-0.39, 0.29) is 11.9 Å². The van der Waals surface area contributed by atoms with E-state index in [2.05, 4.69) is 21.5 Å². The van der Waals surface area contributed by atoms with Gasteiger partial charge in [-0.2, -0.15) is 11.8 Å². The zero-order valence-corrected chi connectivity index (χ0v) is 18.9. The number of benzene rings is 3. The van der Waals surface area contributed by atoms with Crippen LogP contribution >= 0.6 is 35.1 Å². The molecule has 0 aliphatic heterocycles. The molecule has 7 heteroatoms. The number of aromatic nitrogens is 2. The number of carbonyl (C=O) groups is 1. The van der Waals surface area contributed by atoms with E-state index in [0.717, 1.165) is 44.7 Å². The van der Waals surface area contributed by atoms with Gasteiger partial charge in [-0.05, 0) is 48.1 Å². The second kappa shape index (κ2) is 9.77. The van der Waals surface area contributed by atoms with Crippen molar-refractivity contribution in [1.29, 1.82) is 0 Å². The van der Waals surface area contributed by atoms with E-state index in [9.17, 15) is 4.79 Å². The normalized spacial score (nSPS) is 12.3. The minimum atomic E-state index is -0.144. The first kappa shape index (κ1) is 21.1. The molecular formula is C23H22ClN3OS2. The Hall–Kier alpha value is -2.15. The highest BCUT2D eigenvalue weighted by Gasteiger charge is 2.18. The molecule has 4 nitrogen and oxygen atoms in total. The number of nitrogens with one attached hydrogen (secondary N) is 2. The van der Waals surface area contributed by atoms with Crippen molar-refractivity contribution in [2.75, 3.05) is 17.8 Å². The molecule has 0 spiro atoms. The fraction of sp³-hybridized carbons (Fsp3) is 0.217. The molecule has 0 aliphatic carbocycles. The molecule has 0 saturated heterocycles. The van der Waals surface area contributed by atoms with Gasteiger partial charge >= 0.3 is 0 Å². The first-order chi connectivity index (χ1) is 14.7. The Morgan fingerprint density at radius 1 is 1.13 bits per heavy atom. The van der Waals surface area contributed by atoms with Crippen LogP contribution in [0.1, 0.15) is 18.3 Å². The Kier molecular flexibility index (Phi) is 6.87. The van der Waals surface area contributed by atoms with Crippen molar-refractivity contribution < 1.29 is 4.79 Å². The Morgan fingerprint density at radius 2 is 1.93 bits per heavy atom. The number of aromatic amines is 1. The van der Waals surface area contributed by atoms with E-state index in [4.69, 9.17) is 11.6 Å². The van der Waals surface area contributed by atoms with E-state index in [1.54, 1.807) is 11.8 Å². The molecule has 1 heterocycles. The Morgan fingerprint density at radius 3 is 2.73 bits per heavy atom. The van der Waals surface area contributed by atoms with Crippen LogP contribution in [0.5, 0.6) is 0 Å². The van der Waals surface area contributed by atoms with Gasteiger partial charge in [0.1, 0.15) is 5.82 Å². The van der Waals surface area contributed by atoms with E-state index in [1.807, 2.05) is 60.7 Å². The number of halogens is 1. The van der Waals surface area contributed by atoms with Crippen molar-refractivity contribution in [3.05, 3.63) is 71.5 Å². The number of para-hydroxylation sites is 2. The van der Waals surface area contributed by atoms with Crippen molar-refractivity contribution in [3.8, 4) is 0 Å². The molecule has 0 saturated carbocycles. The minimum Gasteiger partial charge on any atom is -0.345 e. The third-order valence-electron chi connectivity index (χ3n) is 4.86. The number of hydrogen-bond donors (Lipinski definition) is 2. The summed E-state index contributed by atoms with van der Waals surface area (Å²) in [5.41, 5.74) is 1.89. The molecule has 1 atom stereocenters. The van der Waals surface area contributed by atoms with Crippen LogP contribution in [0.15, 0.2) is 65.6 Å². The van der Waals surface area contributed by atoms with Crippen LogP contribution < -0.4 is 5.32 Å². The molecule has 4 rings (SSSR count). The fourth-order valence-corrected chi connectivity index (χ4v) is 5.14. The number of fused-ring (bicyclic) bond motifs is 2. The van der Waals surface area contributed by atoms with Crippen LogP contribution in [0.3, 0.4) is 0 Å². The Balaban J connectivity index is 1.48. The van der Waals surface area contributed by atoms with Crippen LogP contribution in [-0.2, 0) is 4.79 Å². The van der Waals surface area contributed by atoms with Gasteiger partial charge in [-0.3, -0.25) is 4.79 Å².